The Labute approximate surface area is 126 Å². The van der Waals surface area contributed by atoms with Crippen LogP contribution in [-0.2, 0) is 4.74 Å². The zero-order valence-electron chi connectivity index (χ0n) is 11.7. The fraction of sp³-hybridized carbons (Fsp3) is 0.0625. The van der Waals surface area contributed by atoms with Crippen molar-refractivity contribution in [1.82, 2.24) is 10.1 Å². The molecule has 1 amide bonds. The molecule has 0 unspecified atom stereocenters. The first-order valence-electron chi connectivity index (χ1n) is 6.62. The number of benzene rings is 1. The molecule has 0 saturated carbocycles. The van der Waals surface area contributed by atoms with E-state index in [1.165, 1.54) is 6.08 Å². The summed E-state index contributed by atoms with van der Waals surface area (Å²) in [5.41, 5.74) is 0.860. The number of rotatable bonds is 4. The third-order valence-electron chi connectivity index (χ3n) is 3.00. The van der Waals surface area contributed by atoms with E-state index in [4.69, 9.17) is 9.26 Å². The second-order valence-electron chi connectivity index (χ2n) is 4.53. The van der Waals surface area contributed by atoms with E-state index >= 15 is 0 Å². The van der Waals surface area contributed by atoms with Gasteiger partial charge < -0.3 is 9.26 Å². The first-order valence-corrected chi connectivity index (χ1v) is 6.62. The van der Waals surface area contributed by atoms with Crippen molar-refractivity contribution in [2.24, 2.45) is 0 Å². The Bertz CT molecular complexity index is 826. The van der Waals surface area contributed by atoms with Crippen molar-refractivity contribution >= 4 is 22.7 Å². The van der Waals surface area contributed by atoms with Gasteiger partial charge >= 0.3 is 6.09 Å². The van der Waals surface area contributed by atoms with E-state index < -0.39 is 6.09 Å². The normalized spacial score (nSPS) is 10.4. The number of nitrogens with zero attached hydrogens (tertiary/aromatic N) is 2. The van der Waals surface area contributed by atoms with Gasteiger partial charge in [-0.25, -0.2) is 4.79 Å². The molecule has 0 aliphatic heterocycles. The fourth-order valence-electron chi connectivity index (χ4n) is 1.98. The van der Waals surface area contributed by atoms with Crippen LogP contribution in [0.1, 0.15) is 0 Å². The highest BCUT2D eigenvalue weighted by atomic mass is 16.5. The van der Waals surface area contributed by atoms with Gasteiger partial charge in [-0.05, 0) is 17.5 Å². The van der Waals surface area contributed by atoms with Gasteiger partial charge in [0.2, 0.25) is 0 Å². The molecular formula is C16H13N3O3. The van der Waals surface area contributed by atoms with Gasteiger partial charge in [0.25, 0.3) is 0 Å². The number of aromatic nitrogens is 2. The van der Waals surface area contributed by atoms with E-state index in [2.05, 4.69) is 22.0 Å². The van der Waals surface area contributed by atoms with Crippen LogP contribution >= 0.6 is 0 Å². The number of nitrogens with one attached hydrogen (secondary N) is 1. The van der Waals surface area contributed by atoms with Crippen LogP contribution in [0.2, 0.25) is 0 Å². The number of hydrogen-bond donors (Lipinski definition) is 1. The Morgan fingerprint density at radius 3 is 3.09 bits per heavy atom. The van der Waals surface area contributed by atoms with Crippen LogP contribution in [0.4, 0.5) is 10.6 Å². The van der Waals surface area contributed by atoms with Crippen LogP contribution in [0.25, 0.3) is 22.1 Å². The molecule has 3 aromatic rings. The van der Waals surface area contributed by atoms with Crippen molar-refractivity contribution in [3.8, 4) is 11.3 Å². The van der Waals surface area contributed by atoms with E-state index in [-0.39, 0.29) is 6.61 Å². The lowest BCUT2D eigenvalue weighted by Gasteiger charge is -2.00. The van der Waals surface area contributed by atoms with Crippen LogP contribution in [0, 0.1) is 0 Å². The number of carbonyl (C=O) groups excluding carboxylic acids is 1. The number of fused-ring (bicyclic) bond motifs is 1. The number of hydrogen-bond acceptors (Lipinski definition) is 5. The Balaban J connectivity index is 1.79. The molecule has 0 aliphatic rings. The molecule has 0 atom stereocenters. The molecule has 3 rings (SSSR count). The summed E-state index contributed by atoms with van der Waals surface area (Å²) < 4.78 is 10.1. The lowest BCUT2D eigenvalue weighted by Crippen LogP contribution is -2.13. The Kier molecular flexibility index (Phi) is 3.82. The van der Waals surface area contributed by atoms with Crippen molar-refractivity contribution in [3.63, 3.8) is 0 Å². The van der Waals surface area contributed by atoms with Gasteiger partial charge in [-0.3, -0.25) is 10.3 Å². The molecule has 2 heterocycles. The van der Waals surface area contributed by atoms with Gasteiger partial charge in [-0.1, -0.05) is 29.9 Å². The van der Waals surface area contributed by atoms with Crippen LogP contribution in [0.15, 0.2) is 59.9 Å². The summed E-state index contributed by atoms with van der Waals surface area (Å²) in [5, 5.41) is 8.36. The predicted molar refractivity (Wildman–Crippen MR) is 82.4 cm³/mol. The zero-order valence-corrected chi connectivity index (χ0v) is 11.7. The van der Waals surface area contributed by atoms with E-state index in [1.54, 1.807) is 18.5 Å². The fourth-order valence-corrected chi connectivity index (χ4v) is 1.98. The largest absolute Gasteiger partial charge is 0.445 e. The number of anilines is 1. The van der Waals surface area contributed by atoms with Gasteiger partial charge in [0.15, 0.2) is 11.6 Å². The van der Waals surface area contributed by atoms with Crippen molar-refractivity contribution in [2.75, 3.05) is 11.9 Å². The second-order valence-corrected chi connectivity index (χ2v) is 4.53. The highest BCUT2D eigenvalue weighted by molar-refractivity contribution is 5.87. The van der Waals surface area contributed by atoms with Crippen molar-refractivity contribution in [3.05, 3.63) is 55.4 Å². The first-order chi connectivity index (χ1) is 10.8. The minimum Gasteiger partial charge on any atom is -0.445 e. The first kappa shape index (κ1) is 13.8. The van der Waals surface area contributed by atoms with Crippen molar-refractivity contribution < 1.29 is 14.1 Å². The summed E-state index contributed by atoms with van der Waals surface area (Å²) in [4.78, 5) is 15.5. The molecule has 6 nitrogen and oxygen atoms in total. The Hall–Kier alpha value is -3.15. The average molecular weight is 295 g/mol. The van der Waals surface area contributed by atoms with Crippen LogP contribution < -0.4 is 5.32 Å². The smallest absolute Gasteiger partial charge is 0.413 e. The Morgan fingerprint density at radius 2 is 2.23 bits per heavy atom. The van der Waals surface area contributed by atoms with Crippen molar-refractivity contribution in [2.45, 2.75) is 0 Å². The topological polar surface area (TPSA) is 77.2 Å². The van der Waals surface area contributed by atoms with E-state index in [9.17, 15) is 4.79 Å². The summed E-state index contributed by atoms with van der Waals surface area (Å²) in [5.74, 6) is 0.844. The molecule has 2 aromatic heterocycles. The molecule has 0 radical (unpaired) electrons. The van der Waals surface area contributed by atoms with Gasteiger partial charge in [0, 0.05) is 29.4 Å². The minimum atomic E-state index is -0.607. The summed E-state index contributed by atoms with van der Waals surface area (Å²) in [6, 6.07) is 9.38. The van der Waals surface area contributed by atoms with E-state index in [0.717, 1.165) is 16.3 Å². The summed E-state index contributed by atoms with van der Waals surface area (Å²) in [6.07, 6.45) is 4.40. The molecule has 0 aliphatic carbocycles. The molecule has 0 fully saturated rings. The highest BCUT2D eigenvalue weighted by Gasteiger charge is 2.10. The van der Waals surface area contributed by atoms with Crippen LogP contribution in [0.5, 0.6) is 0 Å². The lowest BCUT2D eigenvalue weighted by molar-refractivity contribution is 0.174. The zero-order chi connectivity index (χ0) is 15.4. The number of carbonyl (C=O) groups is 1. The molecule has 0 bridgehead atoms. The minimum absolute atomic E-state index is 0.134. The van der Waals surface area contributed by atoms with E-state index in [0.29, 0.717) is 11.6 Å². The quantitative estimate of drug-likeness (QED) is 0.744. The van der Waals surface area contributed by atoms with Gasteiger partial charge in [-0.2, -0.15) is 0 Å². The maximum atomic E-state index is 11.4. The lowest BCUT2D eigenvalue weighted by atomic mass is 10.1. The number of amides is 1. The molecule has 22 heavy (non-hydrogen) atoms. The molecule has 6 heteroatoms. The Morgan fingerprint density at radius 1 is 1.32 bits per heavy atom. The maximum Gasteiger partial charge on any atom is 0.413 e. The average Bonchev–Trinajstić information content (AvgIpc) is 3.01. The molecule has 0 spiro atoms. The second kappa shape index (κ2) is 6.09. The number of pyridine rings is 1. The molecule has 0 saturated heterocycles. The third-order valence-corrected chi connectivity index (χ3v) is 3.00. The standard InChI is InChI=1S/C16H13N3O3/c1-2-7-21-16(20)18-15-9-14(22-19-15)12-3-4-13-10-17-6-5-11(13)8-12/h2-6,8-10H,1,7H2,(H,18,19,20). The van der Waals surface area contributed by atoms with Crippen LogP contribution in [0.3, 0.4) is 0 Å². The third kappa shape index (κ3) is 2.95. The van der Waals surface area contributed by atoms with Crippen LogP contribution in [-0.4, -0.2) is 22.8 Å². The SMILES string of the molecule is C=CCOC(=O)Nc1cc(-c2ccc3cnccc3c2)on1. The monoisotopic (exact) mass is 295 g/mol. The molecule has 1 N–H and O–H groups in total. The van der Waals surface area contributed by atoms with Gasteiger partial charge in [0.1, 0.15) is 6.61 Å². The van der Waals surface area contributed by atoms with Gasteiger partial charge in [0.05, 0.1) is 0 Å². The molecule has 110 valence electrons. The predicted octanol–water partition coefficient (Wildman–Crippen LogP) is 3.62. The summed E-state index contributed by atoms with van der Waals surface area (Å²) >= 11 is 0. The van der Waals surface area contributed by atoms with E-state index in [1.807, 2.05) is 24.3 Å². The highest BCUT2D eigenvalue weighted by Crippen LogP contribution is 2.26. The maximum absolute atomic E-state index is 11.4. The molecule has 1 aromatic carbocycles. The summed E-state index contributed by atoms with van der Waals surface area (Å²) in [6.45, 7) is 3.60. The van der Waals surface area contributed by atoms with Crippen molar-refractivity contribution in [1.29, 1.82) is 0 Å². The summed E-state index contributed by atoms with van der Waals surface area (Å²) in [7, 11) is 0. The van der Waals surface area contributed by atoms with Gasteiger partial charge in [-0.15, -0.1) is 0 Å². The number of ether oxygens (including phenoxy) is 1. The molecular weight excluding hydrogens is 282 g/mol.